The van der Waals surface area contributed by atoms with E-state index in [2.05, 4.69) is 41.4 Å². The molecule has 1 aromatic carbocycles. The number of benzene rings is 1. The van der Waals surface area contributed by atoms with Gasteiger partial charge in [0, 0.05) is 0 Å². The Morgan fingerprint density at radius 2 is 2.24 bits per heavy atom. The first kappa shape index (κ1) is 13.5. The van der Waals surface area contributed by atoms with Gasteiger partial charge in [0.2, 0.25) is 0 Å². The maximum absolute atomic E-state index is 12.1. The van der Waals surface area contributed by atoms with Gasteiger partial charge in [-0.3, -0.25) is 0 Å². The second kappa shape index (κ2) is 4.96. The molecule has 3 aliphatic heterocycles. The fraction of sp³-hybridized carbons (Fsp3) is 0.250. The summed E-state index contributed by atoms with van der Waals surface area (Å²) in [6, 6.07) is 6.46. The molecule has 4 bridgehead atoms. The molecule has 1 N–H and O–H groups in total. The first-order valence-electron chi connectivity index (χ1n) is 6.95. The van der Waals surface area contributed by atoms with Gasteiger partial charge in [0.1, 0.15) is 0 Å². The predicted octanol–water partition coefficient (Wildman–Crippen LogP) is 1.73. The molecule has 21 heavy (non-hydrogen) atoms. The van der Waals surface area contributed by atoms with Gasteiger partial charge in [-0.2, -0.15) is 0 Å². The van der Waals surface area contributed by atoms with E-state index in [1.165, 1.54) is 29.5 Å². The summed E-state index contributed by atoms with van der Waals surface area (Å²) >= 11 is -1.09. The topological polar surface area (TPSA) is 46.2 Å². The average Bonchev–Trinajstić information content (AvgIpc) is 3.03. The molecular formula is C16H12InNO2S. The van der Waals surface area contributed by atoms with Gasteiger partial charge in [-0.25, -0.2) is 0 Å². The van der Waals surface area contributed by atoms with Crippen molar-refractivity contribution in [3.8, 4) is 11.8 Å². The van der Waals surface area contributed by atoms with E-state index in [1.807, 2.05) is 6.92 Å². The third-order valence-corrected chi connectivity index (χ3v) is 17.2. The third kappa shape index (κ3) is 1.92. The SMILES string of the molecule is CC#CC[C]1=Cc2c3ccc[c]2[In]1[CH]3C1SC(=O)NC1=O. The molecule has 102 valence electrons. The monoisotopic (exact) mass is 397 g/mol. The van der Waals surface area contributed by atoms with E-state index in [-0.39, 0.29) is 20.1 Å². The molecule has 0 aromatic heterocycles. The zero-order valence-corrected chi connectivity index (χ0v) is 15.6. The number of nitrogens with one attached hydrogen (secondary N) is 1. The summed E-state index contributed by atoms with van der Waals surface area (Å²) in [7, 11) is 0. The van der Waals surface area contributed by atoms with E-state index in [9.17, 15) is 9.59 Å². The van der Waals surface area contributed by atoms with E-state index < -0.39 is 21.4 Å². The van der Waals surface area contributed by atoms with Crippen molar-refractivity contribution < 1.29 is 9.59 Å². The van der Waals surface area contributed by atoms with Gasteiger partial charge < -0.3 is 0 Å². The van der Waals surface area contributed by atoms with Crippen LogP contribution in [0.5, 0.6) is 0 Å². The van der Waals surface area contributed by atoms with Gasteiger partial charge in [-0.05, 0) is 0 Å². The van der Waals surface area contributed by atoms with Gasteiger partial charge in [0.05, 0.1) is 0 Å². The van der Waals surface area contributed by atoms with Gasteiger partial charge in [-0.1, -0.05) is 0 Å². The van der Waals surface area contributed by atoms with Crippen molar-refractivity contribution in [2.75, 3.05) is 0 Å². The first-order chi connectivity index (χ1) is 10.2. The summed E-state index contributed by atoms with van der Waals surface area (Å²) in [6.45, 7) is 1.86. The van der Waals surface area contributed by atoms with Crippen molar-refractivity contribution in [2.24, 2.45) is 0 Å². The molecule has 0 radical (unpaired) electrons. The van der Waals surface area contributed by atoms with Crippen LogP contribution in [0.4, 0.5) is 4.79 Å². The van der Waals surface area contributed by atoms with E-state index in [1.54, 1.807) is 0 Å². The standard InChI is InChI=1S/C16H12NO2S.In/c1-2-3-4-5-8-12-9-6-7-10-13(12)11-14-15(18)17-16(19)20-14;/h6-8,10-11,14H,4H2,1H3,(H,17,18,19);. The average molecular weight is 397 g/mol. The third-order valence-electron chi connectivity index (χ3n) is 4.47. The normalized spacial score (nSPS) is 24.8. The quantitative estimate of drug-likeness (QED) is 0.774. The molecule has 3 aliphatic rings. The number of hydrogen-bond acceptors (Lipinski definition) is 3. The number of carbonyl (C=O) groups excluding carboxylic acids is 2. The summed E-state index contributed by atoms with van der Waals surface area (Å²) in [5.41, 5.74) is 2.63. The molecule has 0 saturated carbocycles. The van der Waals surface area contributed by atoms with Crippen LogP contribution in [0, 0.1) is 11.8 Å². The Labute approximate surface area is 135 Å². The summed E-state index contributed by atoms with van der Waals surface area (Å²) in [5, 5.41) is 2.02. The van der Waals surface area contributed by atoms with Gasteiger partial charge >= 0.3 is 135 Å². The number of carbonyl (C=O) groups is 2. The Balaban J connectivity index is 1.76. The zero-order valence-electron chi connectivity index (χ0n) is 11.5. The number of imide groups is 1. The number of allylic oxidation sites excluding steroid dienone is 1. The van der Waals surface area contributed by atoms with Crippen molar-refractivity contribution in [1.29, 1.82) is 0 Å². The summed E-state index contributed by atoms with van der Waals surface area (Å²) in [6.07, 6.45) is 3.14. The molecule has 3 nitrogen and oxygen atoms in total. The zero-order chi connectivity index (χ0) is 14.6. The van der Waals surface area contributed by atoms with Crippen LogP contribution in [0.15, 0.2) is 21.5 Å². The van der Waals surface area contributed by atoms with Crippen LogP contribution in [-0.4, -0.2) is 37.8 Å². The van der Waals surface area contributed by atoms with Crippen molar-refractivity contribution in [2.45, 2.75) is 22.3 Å². The minimum atomic E-state index is -2.27. The Kier molecular flexibility index (Phi) is 3.20. The number of amides is 2. The molecule has 2 atom stereocenters. The Morgan fingerprint density at radius 3 is 2.90 bits per heavy atom. The van der Waals surface area contributed by atoms with Crippen LogP contribution in [-0.2, 0) is 4.79 Å². The van der Waals surface area contributed by atoms with Crippen LogP contribution >= 0.6 is 11.8 Å². The molecule has 5 heteroatoms. The Hall–Kier alpha value is -1.12. The van der Waals surface area contributed by atoms with Crippen LogP contribution in [0.2, 0.25) is 0 Å². The van der Waals surface area contributed by atoms with Crippen LogP contribution in [0.25, 0.3) is 6.08 Å². The molecule has 4 rings (SSSR count). The minimum absolute atomic E-state index is 0.104. The van der Waals surface area contributed by atoms with Gasteiger partial charge in [0.25, 0.3) is 0 Å². The predicted molar refractivity (Wildman–Crippen MR) is 85.5 cm³/mol. The molecule has 2 amide bonds. The van der Waals surface area contributed by atoms with Crippen LogP contribution < -0.4 is 8.64 Å². The molecular weight excluding hydrogens is 385 g/mol. The summed E-state index contributed by atoms with van der Waals surface area (Å²) in [5.74, 6) is 6.04. The van der Waals surface area contributed by atoms with E-state index >= 15 is 0 Å². The van der Waals surface area contributed by atoms with Crippen molar-refractivity contribution in [1.82, 2.24) is 5.32 Å². The molecule has 0 spiro atoms. The number of rotatable bonds is 2. The van der Waals surface area contributed by atoms with E-state index in [4.69, 9.17) is 0 Å². The molecule has 1 saturated heterocycles. The number of thioether (sulfide) groups is 1. The van der Waals surface area contributed by atoms with Crippen molar-refractivity contribution in [3.05, 3.63) is 32.7 Å². The Morgan fingerprint density at radius 1 is 1.38 bits per heavy atom. The fourth-order valence-corrected chi connectivity index (χ4v) is 17.7. The van der Waals surface area contributed by atoms with Crippen molar-refractivity contribution in [3.63, 3.8) is 0 Å². The molecule has 2 unspecified atom stereocenters. The first-order valence-corrected chi connectivity index (χ1v) is 13.0. The molecule has 0 aliphatic carbocycles. The van der Waals surface area contributed by atoms with E-state index in [0.717, 1.165) is 6.42 Å². The molecule has 1 aromatic rings. The molecule has 1 fully saturated rings. The van der Waals surface area contributed by atoms with Gasteiger partial charge in [-0.15, -0.1) is 0 Å². The second-order valence-corrected chi connectivity index (χ2v) is 15.3. The fourth-order valence-electron chi connectivity index (χ4n) is 3.70. The summed E-state index contributed by atoms with van der Waals surface area (Å²) in [4.78, 5) is 23.7. The maximum atomic E-state index is 12.1. The van der Waals surface area contributed by atoms with Crippen LogP contribution in [0.3, 0.4) is 0 Å². The summed E-state index contributed by atoms with van der Waals surface area (Å²) < 4.78 is 3.26. The number of hydrogen-bond donors (Lipinski definition) is 1. The second-order valence-electron chi connectivity index (χ2n) is 5.49. The van der Waals surface area contributed by atoms with Crippen molar-refractivity contribution >= 4 is 53.7 Å². The van der Waals surface area contributed by atoms with Crippen LogP contribution in [0.1, 0.15) is 28.1 Å². The Bertz CT molecular complexity index is 774. The molecule has 3 heterocycles. The van der Waals surface area contributed by atoms with E-state index in [0.29, 0.717) is 0 Å². The van der Waals surface area contributed by atoms with Gasteiger partial charge in [0.15, 0.2) is 0 Å².